The topological polar surface area (TPSA) is 23.4 Å². The molecule has 3 rings (SSSR count). The van der Waals surface area contributed by atoms with Crippen LogP contribution in [0.25, 0.3) is 10.9 Å². The Bertz CT molecular complexity index is 746. The average Bonchev–Trinajstić information content (AvgIpc) is 2.90. The van der Waals surface area contributed by atoms with Crippen molar-refractivity contribution in [3.05, 3.63) is 60.3 Å². The first-order valence-corrected chi connectivity index (χ1v) is 7.16. The largest absolute Gasteiger partial charge is 0.493 e. The van der Waals surface area contributed by atoms with Gasteiger partial charge < -0.3 is 14.0 Å². The summed E-state index contributed by atoms with van der Waals surface area (Å²) in [6.45, 7) is 3.61. The highest BCUT2D eigenvalue weighted by Gasteiger charge is 2.09. The van der Waals surface area contributed by atoms with Crippen LogP contribution in [0.4, 0.5) is 0 Å². The highest BCUT2D eigenvalue weighted by molar-refractivity contribution is 5.81. The van der Waals surface area contributed by atoms with Gasteiger partial charge in [-0.15, -0.1) is 0 Å². The summed E-state index contributed by atoms with van der Waals surface area (Å²) in [5.74, 6) is 1.53. The Labute approximate surface area is 124 Å². The molecule has 3 nitrogen and oxygen atoms in total. The fraction of sp³-hybridized carbons (Fsp3) is 0.222. The van der Waals surface area contributed by atoms with Crippen LogP contribution in [0.5, 0.6) is 11.5 Å². The Balaban J connectivity index is 1.88. The Morgan fingerprint density at radius 2 is 1.67 bits per heavy atom. The summed E-state index contributed by atoms with van der Waals surface area (Å²) in [5.41, 5.74) is 2.42. The molecule has 21 heavy (non-hydrogen) atoms. The van der Waals surface area contributed by atoms with E-state index < -0.39 is 0 Å². The zero-order chi connectivity index (χ0) is 14.7. The van der Waals surface area contributed by atoms with Crippen molar-refractivity contribution in [3.63, 3.8) is 0 Å². The van der Waals surface area contributed by atoms with Gasteiger partial charge in [-0.1, -0.05) is 30.3 Å². The molecular formula is C18H19NO2. The van der Waals surface area contributed by atoms with Crippen LogP contribution in [0.3, 0.4) is 0 Å². The molecular weight excluding hydrogens is 262 g/mol. The van der Waals surface area contributed by atoms with Gasteiger partial charge in [0.2, 0.25) is 0 Å². The SMILES string of the molecule is CCn1c(COc2ccccc2OC)cc2ccccc21. The molecule has 0 unspecified atom stereocenters. The maximum absolute atomic E-state index is 5.94. The molecule has 3 aromatic rings. The molecule has 0 amide bonds. The van der Waals surface area contributed by atoms with E-state index in [0.717, 1.165) is 18.0 Å². The molecule has 2 aromatic carbocycles. The molecule has 0 spiro atoms. The summed E-state index contributed by atoms with van der Waals surface area (Å²) in [4.78, 5) is 0. The number of ether oxygens (including phenoxy) is 2. The van der Waals surface area contributed by atoms with Gasteiger partial charge in [0.15, 0.2) is 11.5 Å². The maximum atomic E-state index is 5.94. The van der Waals surface area contributed by atoms with E-state index in [-0.39, 0.29) is 0 Å². The number of nitrogens with zero attached hydrogens (tertiary/aromatic N) is 1. The highest BCUT2D eigenvalue weighted by Crippen LogP contribution is 2.27. The highest BCUT2D eigenvalue weighted by atomic mass is 16.5. The van der Waals surface area contributed by atoms with Crippen LogP contribution in [0.15, 0.2) is 54.6 Å². The third-order valence-electron chi connectivity index (χ3n) is 3.66. The summed E-state index contributed by atoms with van der Waals surface area (Å²) in [6.07, 6.45) is 0. The van der Waals surface area contributed by atoms with Gasteiger partial charge in [-0.3, -0.25) is 0 Å². The van der Waals surface area contributed by atoms with Crippen molar-refractivity contribution in [3.8, 4) is 11.5 Å². The fourth-order valence-corrected chi connectivity index (χ4v) is 2.65. The third-order valence-corrected chi connectivity index (χ3v) is 3.66. The fourth-order valence-electron chi connectivity index (χ4n) is 2.65. The monoisotopic (exact) mass is 281 g/mol. The van der Waals surface area contributed by atoms with Gasteiger partial charge in [-0.2, -0.15) is 0 Å². The van der Waals surface area contributed by atoms with Crippen LogP contribution >= 0.6 is 0 Å². The molecule has 0 aliphatic carbocycles. The predicted octanol–water partition coefficient (Wildman–Crippen LogP) is 4.25. The quantitative estimate of drug-likeness (QED) is 0.698. The Morgan fingerprint density at radius 3 is 2.43 bits per heavy atom. The van der Waals surface area contributed by atoms with E-state index in [9.17, 15) is 0 Å². The number of aromatic nitrogens is 1. The second-order valence-electron chi connectivity index (χ2n) is 4.88. The molecule has 1 aromatic heterocycles. The van der Waals surface area contributed by atoms with E-state index in [1.165, 1.54) is 16.6 Å². The van der Waals surface area contributed by atoms with E-state index in [1.807, 2.05) is 24.3 Å². The van der Waals surface area contributed by atoms with Gasteiger partial charge >= 0.3 is 0 Å². The van der Waals surface area contributed by atoms with Crippen molar-refractivity contribution in [2.24, 2.45) is 0 Å². The van der Waals surface area contributed by atoms with Gasteiger partial charge in [0, 0.05) is 12.1 Å². The number of rotatable bonds is 5. The predicted molar refractivity (Wildman–Crippen MR) is 84.9 cm³/mol. The molecule has 0 saturated carbocycles. The second kappa shape index (κ2) is 5.92. The molecule has 1 heterocycles. The van der Waals surface area contributed by atoms with Crippen LogP contribution in [-0.4, -0.2) is 11.7 Å². The zero-order valence-electron chi connectivity index (χ0n) is 12.4. The molecule has 0 atom stereocenters. The molecule has 0 aliphatic heterocycles. The Kier molecular flexibility index (Phi) is 3.82. The van der Waals surface area contributed by atoms with Crippen LogP contribution in [-0.2, 0) is 13.2 Å². The number of fused-ring (bicyclic) bond motifs is 1. The number of hydrogen-bond donors (Lipinski definition) is 0. The third kappa shape index (κ3) is 2.59. The van der Waals surface area contributed by atoms with Crippen molar-refractivity contribution < 1.29 is 9.47 Å². The number of hydrogen-bond acceptors (Lipinski definition) is 2. The average molecular weight is 281 g/mol. The standard InChI is InChI=1S/C18H19NO2/c1-3-19-15(12-14-8-4-5-9-16(14)19)13-21-18-11-7-6-10-17(18)20-2/h4-12H,3,13H2,1-2H3. The maximum Gasteiger partial charge on any atom is 0.161 e. The molecule has 0 aliphatic rings. The van der Waals surface area contributed by atoms with Gasteiger partial charge in [0.25, 0.3) is 0 Å². The van der Waals surface area contributed by atoms with Crippen molar-refractivity contribution in [2.75, 3.05) is 7.11 Å². The molecule has 0 N–H and O–H groups in total. The minimum Gasteiger partial charge on any atom is -0.493 e. The van der Waals surface area contributed by atoms with E-state index in [1.54, 1.807) is 7.11 Å². The lowest BCUT2D eigenvalue weighted by Crippen LogP contribution is -2.05. The second-order valence-corrected chi connectivity index (χ2v) is 4.88. The minimum absolute atomic E-state index is 0.531. The van der Waals surface area contributed by atoms with E-state index in [0.29, 0.717) is 6.61 Å². The minimum atomic E-state index is 0.531. The Morgan fingerprint density at radius 1 is 0.952 bits per heavy atom. The lowest BCUT2D eigenvalue weighted by Gasteiger charge is -2.12. The normalized spacial score (nSPS) is 10.8. The summed E-state index contributed by atoms with van der Waals surface area (Å²) < 4.78 is 13.5. The molecule has 0 fully saturated rings. The smallest absolute Gasteiger partial charge is 0.161 e. The Hall–Kier alpha value is -2.42. The molecule has 0 saturated heterocycles. The van der Waals surface area contributed by atoms with Crippen LogP contribution in [0.1, 0.15) is 12.6 Å². The lowest BCUT2D eigenvalue weighted by atomic mass is 10.2. The zero-order valence-corrected chi connectivity index (χ0v) is 12.4. The van der Waals surface area contributed by atoms with Crippen molar-refractivity contribution in [1.82, 2.24) is 4.57 Å². The van der Waals surface area contributed by atoms with Crippen LogP contribution in [0, 0.1) is 0 Å². The number of para-hydroxylation sites is 3. The molecule has 0 bridgehead atoms. The first-order chi connectivity index (χ1) is 10.3. The first-order valence-electron chi connectivity index (χ1n) is 7.16. The van der Waals surface area contributed by atoms with E-state index in [2.05, 4.69) is 41.8 Å². The van der Waals surface area contributed by atoms with E-state index >= 15 is 0 Å². The van der Waals surface area contributed by atoms with Crippen molar-refractivity contribution in [1.29, 1.82) is 0 Å². The number of benzene rings is 2. The first kappa shape index (κ1) is 13.6. The van der Waals surface area contributed by atoms with Crippen LogP contribution < -0.4 is 9.47 Å². The summed E-state index contributed by atoms with van der Waals surface area (Å²) in [7, 11) is 1.66. The van der Waals surface area contributed by atoms with Crippen molar-refractivity contribution in [2.45, 2.75) is 20.1 Å². The summed E-state index contributed by atoms with van der Waals surface area (Å²) in [5, 5.41) is 1.25. The van der Waals surface area contributed by atoms with Crippen molar-refractivity contribution >= 4 is 10.9 Å². The lowest BCUT2D eigenvalue weighted by molar-refractivity contribution is 0.277. The van der Waals surface area contributed by atoms with Crippen LogP contribution in [0.2, 0.25) is 0 Å². The van der Waals surface area contributed by atoms with Gasteiger partial charge in [-0.05, 0) is 36.6 Å². The summed E-state index contributed by atoms with van der Waals surface area (Å²) in [6, 6.07) is 18.3. The molecule has 108 valence electrons. The van der Waals surface area contributed by atoms with Gasteiger partial charge in [0.05, 0.1) is 12.8 Å². The molecule has 3 heteroatoms. The number of aryl methyl sites for hydroxylation is 1. The number of methoxy groups -OCH3 is 1. The van der Waals surface area contributed by atoms with Gasteiger partial charge in [0.1, 0.15) is 6.61 Å². The molecule has 0 radical (unpaired) electrons. The van der Waals surface area contributed by atoms with Gasteiger partial charge in [-0.25, -0.2) is 0 Å². The summed E-state index contributed by atoms with van der Waals surface area (Å²) >= 11 is 0. The van der Waals surface area contributed by atoms with E-state index in [4.69, 9.17) is 9.47 Å².